The Morgan fingerprint density at radius 2 is 1.19 bits per heavy atom. The van der Waals surface area contributed by atoms with Crippen molar-refractivity contribution in [3.05, 3.63) is 23.8 Å². The van der Waals surface area contributed by atoms with E-state index in [0.29, 0.717) is 5.92 Å². The van der Waals surface area contributed by atoms with E-state index in [9.17, 15) is 0 Å². The molecular formula is C34H58O2. The Balaban J connectivity index is 1.50. The van der Waals surface area contributed by atoms with Crippen LogP contribution < -0.4 is 9.47 Å². The van der Waals surface area contributed by atoms with Gasteiger partial charge in [0.15, 0.2) is 0 Å². The second-order valence-corrected chi connectivity index (χ2v) is 12.2. The largest absolute Gasteiger partial charge is 0.494 e. The van der Waals surface area contributed by atoms with Gasteiger partial charge in [-0.05, 0) is 86.8 Å². The molecule has 36 heavy (non-hydrogen) atoms. The molecule has 0 aliphatic heterocycles. The van der Waals surface area contributed by atoms with E-state index in [4.69, 9.17) is 9.47 Å². The molecule has 0 bridgehead atoms. The van der Waals surface area contributed by atoms with Crippen molar-refractivity contribution in [1.82, 2.24) is 0 Å². The van der Waals surface area contributed by atoms with Crippen molar-refractivity contribution in [2.75, 3.05) is 13.2 Å². The lowest BCUT2D eigenvalue weighted by Gasteiger charge is -2.31. The summed E-state index contributed by atoms with van der Waals surface area (Å²) in [6.07, 6.45) is 26.1. The van der Waals surface area contributed by atoms with Gasteiger partial charge in [0, 0.05) is 5.56 Å². The molecule has 0 atom stereocenters. The normalized spacial score (nSPS) is 24.5. The lowest BCUT2D eigenvalue weighted by molar-refractivity contribution is 0.175. The van der Waals surface area contributed by atoms with Crippen molar-refractivity contribution in [2.24, 2.45) is 17.8 Å². The van der Waals surface area contributed by atoms with Crippen LogP contribution in [-0.2, 0) is 0 Å². The highest BCUT2D eigenvalue weighted by Crippen LogP contribution is 2.43. The standard InChI is InChI=1S/C34H58O2/c1-4-7-9-10-12-14-29-19-21-31(22-20-29)33-26-32(35-25-6-3)23-24-34(33)36-27-30-17-15-28(16-18-30)13-11-8-5-2/h23-24,26,28-31H,4-22,25,27H2,1-3H3. The van der Waals surface area contributed by atoms with E-state index < -0.39 is 0 Å². The predicted molar refractivity (Wildman–Crippen MR) is 155 cm³/mol. The first kappa shape index (κ1) is 29.4. The number of hydrogen-bond donors (Lipinski definition) is 0. The highest BCUT2D eigenvalue weighted by molar-refractivity contribution is 5.43. The maximum absolute atomic E-state index is 6.60. The smallest absolute Gasteiger partial charge is 0.123 e. The molecule has 0 spiro atoms. The lowest BCUT2D eigenvalue weighted by atomic mass is 9.76. The van der Waals surface area contributed by atoms with Crippen LogP contribution in [0.1, 0.15) is 154 Å². The molecule has 206 valence electrons. The van der Waals surface area contributed by atoms with E-state index in [2.05, 4.69) is 39.0 Å². The Bertz CT molecular complexity index is 682. The Morgan fingerprint density at radius 1 is 0.611 bits per heavy atom. The minimum Gasteiger partial charge on any atom is -0.494 e. The van der Waals surface area contributed by atoms with Gasteiger partial charge in [-0.2, -0.15) is 0 Å². The van der Waals surface area contributed by atoms with Gasteiger partial charge < -0.3 is 9.47 Å². The Labute approximate surface area is 224 Å². The van der Waals surface area contributed by atoms with E-state index >= 15 is 0 Å². The molecule has 1 aromatic rings. The third-order valence-corrected chi connectivity index (χ3v) is 9.11. The summed E-state index contributed by atoms with van der Waals surface area (Å²) in [4.78, 5) is 0. The van der Waals surface area contributed by atoms with Crippen molar-refractivity contribution in [3.8, 4) is 11.5 Å². The number of hydrogen-bond acceptors (Lipinski definition) is 2. The molecule has 0 aromatic heterocycles. The van der Waals surface area contributed by atoms with E-state index in [1.807, 2.05) is 0 Å². The summed E-state index contributed by atoms with van der Waals surface area (Å²) in [6, 6.07) is 6.68. The van der Waals surface area contributed by atoms with Crippen LogP contribution in [0.25, 0.3) is 0 Å². The minimum atomic E-state index is 0.635. The molecule has 2 saturated carbocycles. The summed E-state index contributed by atoms with van der Waals surface area (Å²) in [5.74, 6) is 5.46. The molecule has 2 aliphatic rings. The summed E-state index contributed by atoms with van der Waals surface area (Å²) in [5, 5.41) is 0. The predicted octanol–water partition coefficient (Wildman–Crippen LogP) is 10.9. The molecule has 1 aromatic carbocycles. The summed E-state index contributed by atoms with van der Waals surface area (Å²) >= 11 is 0. The number of unbranched alkanes of at least 4 members (excludes halogenated alkanes) is 6. The maximum Gasteiger partial charge on any atom is 0.123 e. The first-order chi connectivity index (χ1) is 17.7. The summed E-state index contributed by atoms with van der Waals surface area (Å²) < 4.78 is 12.6. The summed E-state index contributed by atoms with van der Waals surface area (Å²) in [7, 11) is 0. The van der Waals surface area contributed by atoms with Gasteiger partial charge in [-0.25, -0.2) is 0 Å². The molecule has 0 amide bonds. The Kier molecular flexibility index (Phi) is 14.2. The van der Waals surface area contributed by atoms with Crippen LogP contribution in [0.2, 0.25) is 0 Å². The van der Waals surface area contributed by atoms with Crippen molar-refractivity contribution in [1.29, 1.82) is 0 Å². The minimum absolute atomic E-state index is 0.635. The van der Waals surface area contributed by atoms with Gasteiger partial charge in [0.25, 0.3) is 0 Å². The zero-order valence-electron chi connectivity index (χ0n) is 24.2. The molecule has 2 aliphatic carbocycles. The molecule has 0 N–H and O–H groups in total. The van der Waals surface area contributed by atoms with Gasteiger partial charge in [-0.1, -0.05) is 97.8 Å². The fourth-order valence-corrected chi connectivity index (χ4v) is 6.66. The van der Waals surface area contributed by atoms with E-state index in [1.54, 1.807) is 0 Å². The van der Waals surface area contributed by atoms with Gasteiger partial charge in [-0.3, -0.25) is 0 Å². The first-order valence-electron chi connectivity index (χ1n) is 16.1. The van der Waals surface area contributed by atoms with Crippen LogP contribution in [0.15, 0.2) is 18.2 Å². The molecule has 0 radical (unpaired) electrons. The Morgan fingerprint density at radius 3 is 1.86 bits per heavy atom. The average Bonchev–Trinajstić information content (AvgIpc) is 2.92. The topological polar surface area (TPSA) is 18.5 Å². The second kappa shape index (κ2) is 17.4. The Hall–Kier alpha value is -1.18. The van der Waals surface area contributed by atoms with Crippen LogP contribution in [0, 0.1) is 17.8 Å². The molecule has 0 unspecified atom stereocenters. The van der Waals surface area contributed by atoms with Gasteiger partial charge in [0.1, 0.15) is 11.5 Å². The van der Waals surface area contributed by atoms with Crippen LogP contribution in [-0.4, -0.2) is 13.2 Å². The summed E-state index contributed by atoms with van der Waals surface area (Å²) in [6.45, 7) is 8.50. The van der Waals surface area contributed by atoms with Crippen molar-refractivity contribution in [3.63, 3.8) is 0 Å². The lowest BCUT2D eigenvalue weighted by Crippen LogP contribution is -2.21. The molecule has 0 heterocycles. The molecular weight excluding hydrogens is 440 g/mol. The van der Waals surface area contributed by atoms with Gasteiger partial charge in [0.2, 0.25) is 0 Å². The van der Waals surface area contributed by atoms with Crippen LogP contribution in [0.3, 0.4) is 0 Å². The van der Waals surface area contributed by atoms with E-state index in [-0.39, 0.29) is 0 Å². The first-order valence-corrected chi connectivity index (χ1v) is 16.1. The third kappa shape index (κ3) is 10.3. The SMILES string of the molecule is CCCCCCCC1CCC(c2cc(OCCC)ccc2OCC2CCC(CCCCC)CC2)CC1. The monoisotopic (exact) mass is 498 g/mol. The van der Waals surface area contributed by atoms with E-state index in [1.165, 1.54) is 121 Å². The third-order valence-electron chi connectivity index (χ3n) is 9.11. The van der Waals surface area contributed by atoms with Crippen LogP contribution >= 0.6 is 0 Å². The molecule has 2 heteroatoms. The fraction of sp³-hybridized carbons (Fsp3) is 0.824. The van der Waals surface area contributed by atoms with Gasteiger partial charge in [0.05, 0.1) is 13.2 Å². The van der Waals surface area contributed by atoms with Gasteiger partial charge in [-0.15, -0.1) is 0 Å². The van der Waals surface area contributed by atoms with Crippen LogP contribution in [0.4, 0.5) is 0 Å². The van der Waals surface area contributed by atoms with Crippen LogP contribution in [0.5, 0.6) is 11.5 Å². The average molecular weight is 499 g/mol. The fourth-order valence-electron chi connectivity index (χ4n) is 6.66. The highest BCUT2D eigenvalue weighted by atomic mass is 16.5. The van der Waals surface area contributed by atoms with Crippen molar-refractivity contribution < 1.29 is 9.47 Å². The molecule has 0 saturated heterocycles. The number of ether oxygens (including phenoxy) is 2. The zero-order chi connectivity index (χ0) is 25.4. The summed E-state index contributed by atoms with van der Waals surface area (Å²) in [5.41, 5.74) is 1.43. The van der Waals surface area contributed by atoms with Crippen molar-refractivity contribution in [2.45, 2.75) is 149 Å². The quantitative estimate of drug-likeness (QED) is 0.199. The highest BCUT2D eigenvalue weighted by Gasteiger charge is 2.26. The molecule has 3 rings (SSSR count). The number of benzene rings is 1. The zero-order valence-corrected chi connectivity index (χ0v) is 24.2. The van der Waals surface area contributed by atoms with Crippen molar-refractivity contribution >= 4 is 0 Å². The maximum atomic E-state index is 6.60. The van der Waals surface area contributed by atoms with E-state index in [0.717, 1.165) is 48.9 Å². The van der Waals surface area contributed by atoms with Gasteiger partial charge >= 0.3 is 0 Å². The second-order valence-electron chi connectivity index (χ2n) is 12.2. The number of rotatable bonds is 17. The molecule has 2 fully saturated rings. The molecule has 2 nitrogen and oxygen atoms in total.